The van der Waals surface area contributed by atoms with Crippen molar-refractivity contribution in [2.24, 2.45) is 7.05 Å². The molecule has 1 aliphatic rings. The molecule has 134 valence electrons. The fourth-order valence-electron chi connectivity index (χ4n) is 2.79. The Hall–Kier alpha value is -2.84. The Morgan fingerprint density at radius 1 is 1.28 bits per heavy atom. The van der Waals surface area contributed by atoms with Gasteiger partial charge in [0.15, 0.2) is 11.6 Å². The molecule has 9 nitrogen and oxygen atoms in total. The van der Waals surface area contributed by atoms with E-state index in [-0.39, 0.29) is 11.9 Å². The first-order valence-electron chi connectivity index (χ1n) is 8.38. The van der Waals surface area contributed by atoms with E-state index >= 15 is 0 Å². The number of urea groups is 1. The third kappa shape index (κ3) is 3.81. The summed E-state index contributed by atoms with van der Waals surface area (Å²) >= 11 is 0. The Morgan fingerprint density at radius 3 is 2.72 bits per heavy atom. The second-order valence-corrected chi connectivity index (χ2v) is 6.41. The van der Waals surface area contributed by atoms with Crippen LogP contribution in [0.1, 0.15) is 32.7 Å². The summed E-state index contributed by atoms with van der Waals surface area (Å²) in [5, 5.41) is 13.9. The van der Waals surface area contributed by atoms with Crippen molar-refractivity contribution in [2.75, 3.05) is 16.8 Å². The maximum atomic E-state index is 12.6. The van der Waals surface area contributed by atoms with Gasteiger partial charge in [-0.05, 0) is 26.7 Å². The van der Waals surface area contributed by atoms with Gasteiger partial charge in [0.25, 0.3) is 5.91 Å². The van der Waals surface area contributed by atoms with Gasteiger partial charge in [-0.3, -0.25) is 24.4 Å². The van der Waals surface area contributed by atoms with E-state index in [4.69, 9.17) is 0 Å². The summed E-state index contributed by atoms with van der Waals surface area (Å²) in [6.45, 7) is 4.61. The summed E-state index contributed by atoms with van der Waals surface area (Å²) in [7, 11) is 1.80. The van der Waals surface area contributed by atoms with Crippen molar-refractivity contribution in [2.45, 2.75) is 38.8 Å². The van der Waals surface area contributed by atoms with Crippen LogP contribution in [0.25, 0.3) is 0 Å². The number of piperidine rings is 1. The zero-order chi connectivity index (χ0) is 18.0. The van der Waals surface area contributed by atoms with Gasteiger partial charge in [-0.15, -0.1) is 0 Å². The molecule has 25 heavy (non-hydrogen) atoms. The molecule has 3 amide bonds. The van der Waals surface area contributed by atoms with E-state index in [1.165, 1.54) is 0 Å². The number of nitrogens with zero attached hydrogens (tertiary/aromatic N) is 5. The van der Waals surface area contributed by atoms with Gasteiger partial charge in [0, 0.05) is 44.2 Å². The van der Waals surface area contributed by atoms with Crippen LogP contribution in [0.15, 0.2) is 24.5 Å². The number of aryl methyl sites for hydroxylation is 1. The highest BCUT2D eigenvalue weighted by Gasteiger charge is 2.31. The molecule has 1 fully saturated rings. The van der Waals surface area contributed by atoms with Crippen molar-refractivity contribution in [3.63, 3.8) is 0 Å². The number of carbonyl (C=O) groups excluding carboxylic acids is 2. The summed E-state index contributed by atoms with van der Waals surface area (Å²) < 4.78 is 3.40. The predicted octanol–water partition coefficient (Wildman–Crippen LogP) is 1.51. The van der Waals surface area contributed by atoms with Crippen molar-refractivity contribution < 1.29 is 9.59 Å². The number of hydrogen-bond donors (Lipinski definition) is 2. The zero-order valence-corrected chi connectivity index (χ0v) is 14.6. The molecule has 2 N–H and O–H groups in total. The van der Waals surface area contributed by atoms with Crippen LogP contribution in [0.4, 0.5) is 16.4 Å². The molecular formula is C16H23N7O2. The van der Waals surface area contributed by atoms with Crippen LogP contribution in [0.5, 0.6) is 0 Å². The van der Waals surface area contributed by atoms with E-state index in [1.807, 2.05) is 13.8 Å². The summed E-state index contributed by atoms with van der Waals surface area (Å²) in [6, 6.07) is 2.73. The van der Waals surface area contributed by atoms with Crippen molar-refractivity contribution in [3.8, 4) is 0 Å². The second kappa shape index (κ2) is 6.96. The predicted molar refractivity (Wildman–Crippen MR) is 93.3 cm³/mol. The number of hydrogen-bond acceptors (Lipinski definition) is 4. The molecule has 1 atom stereocenters. The van der Waals surface area contributed by atoms with Crippen LogP contribution in [0, 0.1) is 0 Å². The number of rotatable bonds is 4. The fraction of sp³-hybridized carbons (Fsp3) is 0.500. The molecule has 1 saturated heterocycles. The molecule has 9 heteroatoms. The van der Waals surface area contributed by atoms with Gasteiger partial charge < -0.3 is 5.32 Å². The van der Waals surface area contributed by atoms with Gasteiger partial charge >= 0.3 is 6.03 Å². The molecule has 0 spiro atoms. The topological polar surface area (TPSA) is 97.1 Å². The maximum absolute atomic E-state index is 12.6. The highest BCUT2D eigenvalue weighted by molar-refractivity contribution is 6.00. The zero-order valence-electron chi connectivity index (χ0n) is 14.6. The minimum absolute atomic E-state index is 0.146. The Labute approximate surface area is 146 Å². The van der Waals surface area contributed by atoms with Gasteiger partial charge in [0.1, 0.15) is 6.04 Å². The van der Waals surface area contributed by atoms with Crippen LogP contribution in [-0.4, -0.2) is 44.1 Å². The van der Waals surface area contributed by atoms with E-state index in [0.29, 0.717) is 24.6 Å². The molecule has 3 rings (SSSR count). The molecule has 0 unspecified atom stereocenters. The first-order chi connectivity index (χ1) is 11.9. The normalized spacial score (nSPS) is 17.8. The highest BCUT2D eigenvalue weighted by atomic mass is 16.2. The number of amides is 3. The van der Waals surface area contributed by atoms with E-state index in [0.717, 1.165) is 6.42 Å². The molecule has 3 heterocycles. The standard InChI is InChI=1S/C16H23N7O2/c1-11(2)23-10-6-13(19-23)18-16(25)17-12-5-4-8-22(15(12)24)14-7-9-21(3)20-14/h6-7,9-12H,4-5,8H2,1-3H3,(H2,17,18,19,25)/t12-/m0/s1. The van der Waals surface area contributed by atoms with Crippen molar-refractivity contribution in [1.82, 2.24) is 24.9 Å². The number of anilines is 2. The van der Waals surface area contributed by atoms with E-state index in [2.05, 4.69) is 20.8 Å². The Morgan fingerprint density at radius 2 is 2.08 bits per heavy atom. The number of aromatic nitrogens is 4. The first-order valence-corrected chi connectivity index (χ1v) is 8.38. The summed E-state index contributed by atoms with van der Waals surface area (Å²) in [4.78, 5) is 26.4. The van der Waals surface area contributed by atoms with Gasteiger partial charge in [-0.2, -0.15) is 10.2 Å². The quantitative estimate of drug-likeness (QED) is 0.878. The Bertz CT molecular complexity index is 764. The Kier molecular flexibility index (Phi) is 4.73. The minimum atomic E-state index is -0.567. The fourth-order valence-corrected chi connectivity index (χ4v) is 2.79. The van der Waals surface area contributed by atoms with E-state index in [1.54, 1.807) is 45.8 Å². The van der Waals surface area contributed by atoms with Crippen molar-refractivity contribution in [1.29, 1.82) is 0 Å². The molecule has 0 radical (unpaired) electrons. The van der Waals surface area contributed by atoms with Crippen LogP contribution in [-0.2, 0) is 11.8 Å². The summed E-state index contributed by atoms with van der Waals surface area (Å²) in [5.41, 5.74) is 0. The smallest absolute Gasteiger partial charge is 0.321 e. The van der Waals surface area contributed by atoms with Crippen LogP contribution < -0.4 is 15.5 Å². The lowest BCUT2D eigenvalue weighted by atomic mass is 10.1. The summed E-state index contributed by atoms with van der Waals surface area (Å²) in [5.74, 6) is 0.916. The van der Waals surface area contributed by atoms with Gasteiger partial charge in [0.2, 0.25) is 0 Å². The number of nitrogens with one attached hydrogen (secondary N) is 2. The number of carbonyl (C=O) groups is 2. The third-order valence-corrected chi connectivity index (χ3v) is 4.10. The van der Waals surface area contributed by atoms with Gasteiger partial charge in [-0.25, -0.2) is 4.79 Å². The molecular weight excluding hydrogens is 322 g/mol. The van der Waals surface area contributed by atoms with Crippen LogP contribution in [0.3, 0.4) is 0 Å². The molecule has 0 bridgehead atoms. The average molecular weight is 345 g/mol. The van der Waals surface area contributed by atoms with Gasteiger partial charge in [0.05, 0.1) is 0 Å². The van der Waals surface area contributed by atoms with Crippen molar-refractivity contribution in [3.05, 3.63) is 24.5 Å². The van der Waals surface area contributed by atoms with Crippen molar-refractivity contribution >= 4 is 23.6 Å². The SMILES string of the molecule is CC(C)n1ccc(NC(=O)N[C@H]2CCCN(c3ccn(C)n3)C2=O)n1. The highest BCUT2D eigenvalue weighted by Crippen LogP contribution is 2.19. The lowest BCUT2D eigenvalue weighted by Gasteiger charge is -2.31. The molecule has 1 aliphatic heterocycles. The molecule has 0 aromatic carbocycles. The lowest BCUT2D eigenvalue weighted by Crippen LogP contribution is -2.53. The Balaban J connectivity index is 1.61. The first kappa shape index (κ1) is 17.0. The monoisotopic (exact) mass is 345 g/mol. The lowest BCUT2D eigenvalue weighted by molar-refractivity contribution is -0.121. The van der Waals surface area contributed by atoms with Crippen LogP contribution >= 0.6 is 0 Å². The second-order valence-electron chi connectivity index (χ2n) is 6.41. The molecule has 2 aromatic heterocycles. The average Bonchev–Trinajstić information content (AvgIpc) is 3.18. The summed E-state index contributed by atoms with van der Waals surface area (Å²) in [6.07, 6.45) is 5.00. The third-order valence-electron chi connectivity index (χ3n) is 4.10. The van der Waals surface area contributed by atoms with Crippen LogP contribution in [0.2, 0.25) is 0 Å². The van der Waals surface area contributed by atoms with E-state index < -0.39 is 12.1 Å². The maximum Gasteiger partial charge on any atom is 0.321 e. The minimum Gasteiger partial charge on any atom is -0.326 e. The largest absolute Gasteiger partial charge is 0.326 e. The molecule has 0 saturated carbocycles. The molecule has 0 aliphatic carbocycles. The van der Waals surface area contributed by atoms with E-state index in [9.17, 15) is 9.59 Å². The van der Waals surface area contributed by atoms with Gasteiger partial charge in [-0.1, -0.05) is 0 Å². The molecule has 2 aromatic rings.